The largest absolute Gasteiger partial charge is 0.244 e. The highest BCUT2D eigenvalue weighted by atomic mass is 19.1. The van der Waals surface area contributed by atoms with Crippen LogP contribution >= 0.6 is 0 Å². The van der Waals surface area contributed by atoms with Crippen LogP contribution in [0.1, 0.15) is 245 Å². The Labute approximate surface area is 344 Å². The Bertz CT molecular complexity index is 1210. The average Bonchev–Trinajstić information content (AvgIpc) is 3.47. The zero-order valence-corrected chi connectivity index (χ0v) is 39.8. The number of hydrogen-bond acceptors (Lipinski definition) is 0. The molecule has 0 aromatic rings. The molecule has 2 bridgehead atoms. The lowest BCUT2D eigenvalue weighted by Gasteiger charge is -2.62. The molecule has 10 saturated carbocycles. The summed E-state index contributed by atoms with van der Waals surface area (Å²) in [6.07, 6.45) is 33.4. The second-order valence-electron chi connectivity index (χ2n) is 26.9. The molecule has 10 fully saturated rings. The fraction of sp³-hybridized carbons (Fsp3) is 1.00. The molecule has 0 aliphatic heterocycles. The standard InChI is InChI=1S/C11H19F.3C11H20.C10H18/c1-8(2)9-4-11(5-9)6-10(3,12)7-11;1-8(2)10-6-11(7-10)4-9(3)5-11;1-9(2)11-6-4-10(3,8-11)5-7-11;1-9(2)10(3)7-11(8-10)5-4-6-11;1-8(2)9-6-10(7-9)4-3-5-10/h8-9H,4-7H2,1-3H3;8-10H,4-7H2,1-3H3;2*9H,4-8H2,1-3H3;8-9H,3-7H2,1-2H3. The van der Waals surface area contributed by atoms with E-state index in [0.717, 1.165) is 93.2 Å². The van der Waals surface area contributed by atoms with Crippen molar-refractivity contribution in [3.63, 3.8) is 0 Å². The van der Waals surface area contributed by atoms with Crippen molar-refractivity contribution in [3.8, 4) is 0 Å². The van der Waals surface area contributed by atoms with E-state index in [1.54, 1.807) is 45.4 Å². The molecule has 10 rings (SSSR count). The predicted octanol–water partition coefficient (Wildman–Crippen LogP) is 17.5. The van der Waals surface area contributed by atoms with Gasteiger partial charge in [0.1, 0.15) is 5.67 Å². The summed E-state index contributed by atoms with van der Waals surface area (Å²) in [4.78, 5) is 0. The van der Waals surface area contributed by atoms with Crippen LogP contribution in [0.25, 0.3) is 0 Å². The third-order valence-corrected chi connectivity index (χ3v) is 20.3. The van der Waals surface area contributed by atoms with E-state index in [1.165, 1.54) is 96.3 Å². The van der Waals surface area contributed by atoms with Crippen molar-refractivity contribution in [1.29, 1.82) is 0 Å². The molecule has 10 aliphatic rings. The zero-order valence-electron chi connectivity index (χ0n) is 39.8. The molecule has 4 spiro atoms. The summed E-state index contributed by atoms with van der Waals surface area (Å²) in [6.45, 7) is 32.8. The third-order valence-electron chi connectivity index (χ3n) is 20.3. The van der Waals surface area contributed by atoms with Crippen molar-refractivity contribution in [1.82, 2.24) is 0 Å². The summed E-state index contributed by atoms with van der Waals surface area (Å²) in [7, 11) is 0. The summed E-state index contributed by atoms with van der Waals surface area (Å²) in [5.74, 6) is 8.61. The summed E-state index contributed by atoms with van der Waals surface area (Å²) in [5, 5.41) is 0. The van der Waals surface area contributed by atoms with Crippen LogP contribution in [0, 0.1) is 91.2 Å². The van der Waals surface area contributed by atoms with Gasteiger partial charge < -0.3 is 0 Å². The second kappa shape index (κ2) is 15.8. The van der Waals surface area contributed by atoms with Gasteiger partial charge in [-0.2, -0.15) is 0 Å². The Morgan fingerprint density at radius 1 is 0.418 bits per heavy atom. The van der Waals surface area contributed by atoms with Crippen LogP contribution in [0.4, 0.5) is 4.39 Å². The topological polar surface area (TPSA) is 0 Å². The van der Waals surface area contributed by atoms with Gasteiger partial charge in [-0.1, -0.05) is 103 Å². The van der Waals surface area contributed by atoms with Crippen LogP contribution in [-0.2, 0) is 0 Å². The van der Waals surface area contributed by atoms with Crippen LogP contribution in [0.5, 0.6) is 0 Å². The van der Waals surface area contributed by atoms with Crippen LogP contribution in [-0.4, -0.2) is 5.67 Å². The lowest BCUT2D eigenvalue weighted by molar-refractivity contribution is -0.139. The number of alkyl halides is 1. The van der Waals surface area contributed by atoms with Gasteiger partial charge >= 0.3 is 0 Å². The van der Waals surface area contributed by atoms with Crippen LogP contribution < -0.4 is 0 Å². The van der Waals surface area contributed by atoms with Crippen LogP contribution in [0.2, 0.25) is 0 Å². The Hall–Kier alpha value is -0.0700. The number of fused-ring (bicyclic) bond motifs is 2. The van der Waals surface area contributed by atoms with Gasteiger partial charge in [-0.05, 0) is 233 Å². The van der Waals surface area contributed by atoms with Crippen molar-refractivity contribution < 1.29 is 4.39 Å². The summed E-state index contributed by atoms with van der Waals surface area (Å²) in [6, 6.07) is 0. The van der Waals surface area contributed by atoms with Gasteiger partial charge in [0.25, 0.3) is 0 Å². The molecule has 0 aromatic carbocycles. The molecule has 0 amide bonds. The van der Waals surface area contributed by atoms with E-state index < -0.39 is 5.67 Å². The van der Waals surface area contributed by atoms with Gasteiger partial charge in [0.05, 0.1) is 0 Å². The van der Waals surface area contributed by atoms with E-state index in [4.69, 9.17) is 0 Å². The molecule has 320 valence electrons. The van der Waals surface area contributed by atoms with Crippen molar-refractivity contribution in [2.24, 2.45) is 91.2 Å². The molecular formula is C54H97F. The fourth-order valence-corrected chi connectivity index (χ4v) is 15.6. The van der Waals surface area contributed by atoms with E-state index in [1.807, 2.05) is 0 Å². The molecule has 55 heavy (non-hydrogen) atoms. The first-order valence-corrected chi connectivity index (χ1v) is 25.1. The van der Waals surface area contributed by atoms with Gasteiger partial charge in [0.2, 0.25) is 0 Å². The number of rotatable bonds is 5. The Morgan fingerprint density at radius 2 is 0.818 bits per heavy atom. The molecule has 0 radical (unpaired) electrons. The van der Waals surface area contributed by atoms with Crippen molar-refractivity contribution >= 4 is 0 Å². The fourth-order valence-electron chi connectivity index (χ4n) is 15.6. The van der Waals surface area contributed by atoms with Crippen molar-refractivity contribution in [3.05, 3.63) is 0 Å². The molecular weight excluding hydrogens is 668 g/mol. The normalized spacial score (nSPS) is 43.9. The Kier molecular flexibility index (Phi) is 12.7. The summed E-state index contributed by atoms with van der Waals surface area (Å²) in [5.41, 5.74) is 4.50. The van der Waals surface area contributed by atoms with Gasteiger partial charge in [-0.3, -0.25) is 0 Å². The molecule has 10 aliphatic carbocycles. The quantitative estimate of drug-likeness (QED) is 0.262. The Morgan fingerprint density at radius 3 is 1.07 bits per heavy atom. The second-order valence-corrected chi connectivity index (χ2v) is 26.9. The third kappa shape index (κ3) is 9.47. The minimum Gasteiger partial charge on any atom is -0.244 e. The van der Waals surface area contributed by atoms with Crippen molar-refractivity contribution in [2.45, 2.75) is 250 Å². The van der Waals surface area contributed by atoms with Crippen molar-refractivity contribution in [2.75, 3.05) is 0 Å². The summed E-state index contributed by atoms with van der Waals surface area (Å²) >= 11 is 0. The van der Waals surface area contributed by atoms with Gasteiger partial charge in [0, 0.05) is 0 Å². The van der Waals surface area contributed by atoms with Crippen LogP contribution in [0.3, 0.4) is 0 Å². The zero-order chi connectivity index (χ0) is 40.5. The highest BCUT2D eigenvalue weighted by Crippen LogP contribution is 2.68. The Balaban J connectivity index is 0.000000117. The van der Waals surface area contributed by atoms with E-state index in [9.17, 15) is 4.39 Å². The predicted molar refractivity (Wildman–Crippen MR) is 238 cm³/mol. The highest BCUT2D eigenvalue weighted by Gasteiger charge is 2.59. The van der Waals surface area contributed by atoms with Gasteiger partial charge in [-0.25, -0.2) is 4.39 Å². The first-order valence-electron chi connectivity index (χ1n) is 25.1. The maximum atomic E-state index is 13.2. The molecule has 0 unspecified atom stereocenters. The first kappa shape index (κ1) is 44.5. The average molecular weight is 765 g/mol. The van der Waals surface area contributed by atoms with E-state index in [-0.39, 0.29) is 0 Å². The first-order chi connectivity index (χ1) is 25.4. The molecule has 0 heterocycles. The smallest absolute Gasteiger partial charge is 0.109 e. The van der Waals surface area contributed by atoms with E-state index in [0.29, 0.717) is 10.8 Å². The van der Waals surface area contributed by atoms with Gasteiger partial charge in [0.15, 0.2) is 0 Å². The molecule has 0 nitrogen and oxygen atoms in total. The number of halogens is 1. The molecule has 0 saturated heterocycles. The van der Waals surface area contributed by atoms with E-state index >= 15 is 0 Å². The lowest BCUT2D eigenvalue weighted by Crippen LogP contribution is -2.55. The van der Waals surface area contributed by atoms with Crippen LogP contribution in [0.15, 0.2) is 0 Å². The number of hydrogen-bond donors (Lipinski definition) is 0. The minimum atomic E-state index is -0.818. The molecule has 0 N–H and O–H groups in total. The van der Waals surface area contributed by atoms with E-state index in [2.05, 4.69) is 90.0 Å². The maximum Gasteiger partial charge on any atom is 0.109 e. The maximum absolute atomic E-state index is 13.2. The SMILES string of the molecule is CC(C)C1(C)CC2(CCC2)C1.CC(C)C12CCC(C)(CC1)C2.CC(C)C1CC2(C1)CC(C)(F)C2.CC(C)C1CC2(CCC2)C1.CC1CC2(C1)CC(C(C)C)C2. The molecule has 1 heteroatoms. The lowest BCUT2D eigenvalue weighted by atomic mass is 9.43. The van der Waals surface area contributed by atoms with Gasteiger partial charge in [-0.15, -0.1) is 0 Å². The minimum absolute atomic E-state index is 0.457. The monoisotopic (exact) mass is 765 g/mol. The molecule has 0 aromatic heterocycles. The highest BCUT2D eigenvalue weighted by molar-refractivity contribution is 5.09. The molecule has 0 atom stereocenters. The summed E-state index contributed by atoms with van der Waals surface area (Å²) < 4.78 is 13.2.